The number of ether oxygens (including phenoxy) is 2. The van der Waals surface area contributed by atoms with Crippen molar-refractivity contribution in [3.63, 3.8) is 0 Å². The minimum Gasteiger partial charge on any atom is -0.469 e. The highest BCUT2D eigenvalue weighted by atomic mass is 32.2. The Morgan fingerprint density at radius 2 is 1.25 bits per heavy atom. The number of primary amides is 1. The summed E-state index contributed by atoms with van der Waals surface area (Å²) in [5.74, 6) is 0.391. The first kappa shape index (κ1) is 58.8. The van der Waals surface area contributed by atoms with E-state index in [1.54, 1.807) is 0 Å². The van der Waals surface area contributed by atoms with Crippen molar-refractivity contribution in [1.82, 2.24) is 16.0 Å². The molecule has 6 atom stereocenters. The maximum atomic E-state index is 14.0. The van der Waals surface area contributed by atoms with E-state index >= 15 is 0 Å². The SMILES string of the molecule is C=C(C1CC2[C@@H]([C@H]1C(=O)NC(CC1CC1)C(=O)C(N)=O)C2(C)C)[C@@H](NC(=O)NC1(CCSC)CCCCC1)C(C)(C)C.COC(=O)C1(CCO)CCCCC1.COC(=O)C1(CCSC)CCCCC1. The summed E-state index contributed by atoms with van der Waals surface area (Å²) in [6.07, 6.45) is 26.2. The van der Waals surface area contributed by atoms with Crippen molar-refractivity contribution in [2.24, 2.45) is 57.0 Å². The van der Waals surface area contributed by atoms with Crippen molar-refractivity contribution in [2.45, 2.75) is 193 Å². The summed E-state index contributed by atoms with van der Waals surface area (Å²) in [5, 5.41) is 18.6. The first-order valence-corrected chi connectivity index (χ1v) is 29.1. The van der Waals surface area contributed by atoms with E-state index in [1.165, 1.54) is 46.3 Å². The summed E-state index contributed by atoms with van der Waals surface area (Å²) in [4.78, 5) is 75.3. The summed E-state index contributed by atoms with van der Waals surface area (Å²) in [5.41, 5.74) is 5.21. The predicted octanol–water partition coefficient (Wildman–Crippen LogP) is 9.32. The third kappa shape index (κ3) is 15.6. The lowest BCUT2D eigenvalue weighted by atomic mass is 9.72. The number of carbonyl (C=O) groups excluding carboxylic acids is 6. The van der Waals surface area contributed by atoms with Gasteiger partial charge in [0, 0.05) is 18.1 Å². The van der Waals surface area contributed by atoms with E-state index in [2.05, 4.69) is 69.7 Å². The third-order valence-corrected chi connectivity index (χ3v) is 18.3. The zero-order valence-corrected chi connectivity index (χ0v) is 45.7. The molecule has 13 nitrogen and oxygen atoms in total. The van der Waals surface area contributed by atoms with E-state index in [4.69, 9.17) is 20.3 Å². The monoisotopic (exact) mass is 1000 g/mol. The van der Waals surface area contributed by atoms with Crippen molar-refractivity contribution in [3.05, 3.63) is 12.2 Å². The average Bonchev–Trinajstić information content (AvgIpc) is 4.19. The number of Topliss-reactive ketones (excluding diaryl/α,β-unsaturated/α-hetero) is 1. The molecule has 4 amide bonds. The number of hydrogen-bond donors (Lipinski definition) is 5. The molecule has 0 bridgehead atoms. The van der Waals surface area contributed by atoms with Crippen molar-refractivity contribution in [3.8, 4) is 0 Å². The number of esters is 2. The molecule has 6 fully saturated rings. The molecule has 6 saturated carbocycles. The molecular weight excluding hydrogens is 913 g/mol. The number of ketones is 1. The van der Waals surface area contributed by atoms with Crippen LogP contribution in [0.15, 0.2) is 12.2 Å². The number of methoxy groups -OCH3 is 2. The Kier molecular flexibility index (Phi) is 22.4. The number of hydrogen-bond acceptors (Lipinski definition) is 11. The topological polar surface area (TPSA) is 203 Å². The molecule has 6 aliphatic carbocycles. The van der Waals surface area contributed by atoms with Crippen LogP contribution < -0.4 is 21.7 Å². The van der Waals surface area contributed by atoms with Crippen LogP contribution in [0.25, 0.3) is 0 Å². The Hall–Kier alpha value is -2.78. The van der Waals surface area contributed by atoms with Crippen molar-refractivity contribution < 1.29 is 43.3 Å². The predicted molar refractivity (Wildman–Crippen MR) is 278 cm³/mol. The zero-order valence-electron chi connectivity index (χ0n) is 44.0. The largest absolute Gasteiger partial charge is 0.469 e. The van der Waals surface area contributed by atoms with E-state index in [0.29, 0.717) is 24.7 Å². The van der Waals surface area contributed by atoms with Gasteiger partial charge in [-0.25, -0.2) is 4.79 Å². The molecule has 6 N–H and O–H groups in total. The van der Waals surface area contributed by atoms with Gasteiger partial charge in [0.25, 0.3) is 5.91 Å². The fourth-order valence-corrected chi connectivity index (χ4v) is 13.9. The van der Waals surface area contributed by atoms with Crippen LogP contribution in [0.2, 0.25) is 0 Å². The smallest absolute Gasteiger partial charge is 0.315 e. The molecule has 394 valence electrons. The van der Waals surface area contributed by atoms with E-state index < -0.39 is 17.7 Å². The number of nitrogens with one attached hydrogen (secondary N) is 3. The average molecular weight is 1010 g/mol. The number of rotatable bonds is 20. The Balaban J connectivity index is 0.000000310. The van der Waals surface area contributed by atoms with Crippen molar-refractivity contribution in [2.75, 3.05) is 44.8 Å². The molecule has 0 spiro atoms. The van der Waals surface area contributed by atoms with E-state index in [0.717, 1.165) is 113 Å². The van der Waals surface area contributed by atoms with Crippen LogP contribution >= 0.6 is 23.5 Å². The van der Waals surface area contributed by atoms with Crippen molar-refractivity contribution in [1.29, 1.82) is 0 Å². The number of aliphatic hydroxyl groups excluding tert-OH is 1. The normalized spacial score (nSPS) is 25.8. The molecule has 6 aliphatic rings. The van der Waals surface area contributed by atoms with Crippen LogP contribution in [0.4, 0.5) is 4.79 Å². The Morgan fingerprint density at radius 1 is 0.754 bits per heavy atom. The number of aliphatic hydroxyl groups is 1. The number of fused-ring (bicyclic) bond motifs is 1. The quantitative estimate of drug-likeness (QED) is 0.0442. The molecule has 69 heavy (non-hydrogen) atoms. The molecule has 0 heterocycles. The lowest BCUT2D eigenvalue weighted by molar-refractivity contribution is -0.156. The number of amides is 4. The van der Waals surface area contributed by atoms with Crippen LogP contribution in [-0.2, 0) is 33.4 Å². The lowest BCUT2D eigenvalue weighted by Gasteiger charge is -2.41. The van der Waals surface area contributed by atoms with Gasteiger partial charge >= 0.3 is 18.0 Å². The first-order valence-electron chi connectivity index (χ1n) is 26.3. The summed E-state index contributed by atoms with van der Waals surface area (Å²) >= 11 is 3.63. The van der Waals surface area contributed by atoms with Crippen LogP contribution in [0.1, 0.15) is 176 Å². The van der Waals surface area contributed by atoms with Crippen LogP contribution in [0, 0.1) is 51.2 Å². The van der Waals surface area contributed by atoms with Crippen LogP contribution in [0.3, 0.4) is 0 Å². The van der Waals surface area contributed by atoms with Crippen LogP contribution in [-0.4, -0.2) is 103 Å². The van der Waals surface area contributed by atoms with Gasteiger partial charge in [0.15, 0.2) is 0 Å². The summed E-state index contributed by atoms with van der Waals surface area (Å²) in [6, 6.07) is -1.39. The van der Waals surface area contributed by atoms with Crippen LogP contribution in [0.5, 0.6) is 0 Å². The second-order valence-electron chi connectivity index (χ2n) is 23.2. The van der Waals surface area contributed by atoms with Gasteiger partial charge in [-0.3, -0.25) is 24.0 Å². The second-order valence-corrected chi connectivity index (χ2v) is 25.2. The molecule has 3 unspecified atom stereocenters. The molecule has 0 aromatic heterocycles. The highest BCUT2D eigenvalue weighted by Gasteiger charge is 2.69. The third-order valence-electron chi connectivity index (χ3n) is 17.1. The standard InChI is InChI=1S/C33H54N4O4S.C11H20O2S.C10H18O3/c1-19(27(31(2,3)4)36-30(41)37-33(15-16-42-7)13-9-8-10-14-33)21-18-22-25(32(22,5)6)24(21)29(40)35-23(17-20-11-12-20)26(38)28(34)39;1-13-10(12)11(8-9-14-2)6-4-3-5-7-11;1-13-9(12)10(7-8-11)5-3-2-4-6-10/h20-25,27H,1,8-18H2,2-7H3,(H2,34,39)(H,35,40)(H2,36,37,41);3-9H2,1-2H3;11H,2-8H2,1H3/t21?,22?,23?,24-,25-,27+;;/m0../s1. The fraction of sp³-hybridized carbons (Fsp3) is 0.852. The Bertz CT molecular complexity index is 1740. The lowest BCUT2D eigenvalue weighted by Crippen LogP contribution is -2.58. The molecule has 15 heteroatoms. The molecule has 6 rings (SSSR count). The van der Waals surface area contributed by atoms with E-state index in [-0.39, 0.29) is 81.5 Å². The number of nitrogens with two attached hydrogens (primary N) is 1. The van der Waals surface area contributed by atoms with Gasteiger partial charge in [-0.2, -0.15) is 23.5 Å². The first-order chi connectivity index (χ1) is 32.6. The maximum Gasteiger partial charge on any atom is 0.315 e. The number of urea groups is 1. The molecule has 0 aromatic carbocycles. The Morgan fingerprint density at radius 3 is 1.70 bits per heavy atom. The van der Waals surface area contributed by atoms with Gasteiger partial charge in [0.2, 0.25) is 11.7 Å². The minimum atomic E-state index is -1.01. The van der Waals surface area contributed by atoms with Gasteiger partial charge in [-0.15, -0.1) is 0 Å². The highest BCUT2D eigenvalue weighted by Crippen LogP contribution is 2.72. The summed E-state index contributed by atoms with van der Waals surface area (Å²) in [6.45, 7) is 15.3. The number of carbonyl (C=O) groups is 6. The summed E-state index contributed by atoms with van der Waals surface area (Å²) in [7, 11) is 2.94. The van der Waals surface area contributed by atoms with E-state index in [9.17, 15) is 28.8 Å². The minimum absolute atomic E-state index is 0.0190. The Labute approximate surface area is 424 Å². The summed E-state index contributed by atoms with van der Waals surface area (Å²) < 4.78 is 9.74. The van der Waals surface area contributed by atoms with Gasteiger partial charge in [0.1, 0.15) is 0 Å². The fourth-order valence-electron chi connectivity index (χ4n) is 12.7. The molecule has 0 radical (unpaired) electrons. The zero-order chi connectivity index (χ0) is 51.2. The maximum absolute atomic E-state index is 14.0. The van der Waals surface area contributed by atoms with Gasteiger partial charge < -0.3 is 36.3 Å². The molecule has 0 aliphatic heterocycles. The van der Waals surface area contributed by atoms with Crippen molar-refractivity contribution >= 4 is 59.1 Å². The van der Waals surface area contributed by atoms with Gasteiger partial charge in [-0.1, -0.05) is 117 Å². The molecule has 0 aromatic rings. The molecular formula is C54H92N4O9S2. The van der Waals surface area contributed by atoms with Gasteiger partial charge in [-0.05, 0) is 129 Å². The highest BCUT2D eigenvalue weighted by molar-refractivity contribution is 7.98. The molecule has 0 saturated heterocycles. The number of thioether (sulfide) groups is 2. The van der Waals surface area contributed by atoms with E-state index in [1.807, 2.05) is 23.5 Å². The second kappa shape index (κ2) is 26.3. The van der Waals surface area contributed by atoms with Gasteiger partial charge in [0.05, 0.1) is 37.1 Å².